The normalized spacial score (nSPS) is 11.7. The van der Waals surface area contributed by atoms with Crippen LogP contribution < -0.4 is 0 Å². The predicted octanol–water partition coefficient (Wildman–Crippen LogP) is 5.19. The molecule has 0 saturated carbocycles. The summed E-state index contributed by atoms with van der Waals surface area (Å²) in [4.78, 5) is 25.7. The van der Waals surface area contributed by atoms with Crippen molar-refractivity contribution in [3.05, 3.63) is 69.7 Å². The lowest BCUT2D eigenvalue weighted by atomic mass is 9.95. The van der Waals surface area contributed by atoms with Crippen molar-refractivity contribution in [2.75, 3.05) is 19.7 Å². The molecule has 0 heterocycles. The summed E-state index contributed by atoms with van der Waals surface area (Å²) in [6.07, 6.45) is 0.579. The molecule has 0 N–H and O–H groups in total. The Morgan fingerprint density at radius 2 is 1.78 bits per heavy atom. The standard InChI is InChI=1S/C21H23Cl2NO3/c1-3-24(21(26)16-7-5-4-6-8-16)14-18(11-12-27-15(2)25)17-9-10-19(22)20(23)13-17/h4-10,13,18H,3,11-12,14H2,1-2H3. The summed E-state index contributed by atoms with van der Waals surface area (Å²) in [5, 5.41) is 0.941. The summed E-state index contributed by atoms with van der Waals surface area (Å²) < 4.78 is 5.11. The fraction of sp³-hybridized carbons (Fsp3) is 0.333. The van der Waals surface area contributed by atoms with E-state index in [1.54, 1.807) is 23.1 Å². The Hall–Kier alpha value is -2.04. The van der Waals surface area contributed by atoms with E-state index < -0.39 is 0 Å². The van der Waals surface area contributed by atoms with Crippen molar-refractivity contribution in [1.29, 1.82) is 0 Å². The Kier molecular flexibility index (Phi) is 8.14. The van der Waals surface area contributed by atoms with Crippen molar-refractivity contribution in [3.8, 4) is 0 Å². The van der Waals surface area contributed by atoms with Crippen molar-refractivity contribution < 1.29 is 14.3 Å². The second kappa shape index (κ2) is 10.3. The molecule has 4 nitrogen and oxygen atoms in total. The molecule has 0 spiro atoms. The molecule has 1 amide bonds. The van der Waals surface area contributed by atoms with Crippen molar-refractivity contribution >= 4 is 35.1 Å². The molecule has 0 aromatic heterocycles. The maximum Gasteiger partial charge on any atom is 0.302 e. The number of hydrogen-bond donors (Lipinski definition) is 0. The van der Waals surface area contributed by atoms with Crippen molar-refractivity contribution in [1.82, 2.24) is 4.90 Å². The SMILES string of the molecule is CCN(CC(CCOC(C)=O)c1ccc(Cl)c(Cl)c1)C(=O)c1ccccc1. The van der Waals surface area contributed by atoms with Gasteiger partial charge in [-0.1, -0.05) is 47.5 Å². The van der Waals surface area contributed by atoms with E-state index in [1.807, 2.05) is 37.3 Å². The topological polar surface area (TPSA) is 46.6 Å². The molecule has 2 aromatic carbocycles. The fourth-order valence-electron chi connectivity index (χ4n) is 2.86. The number of carbonyl (C=O) groups excluding carboxylic acids is 2. The Morgan fingerprint density at radius 1 is 1.07 bits per heavy atom. The molecule has 1 atom stereocenters. The van der Waals surface area contributed by atoms with E-state index in [0.29, 0.717) is 35.1 Å². The van der Waals surface area contributed by atoms with Gasteiger partial charge in [-0.25, -0.2) is 0 Å². The Labute approximate surface area is 170 Å². The smallest absolute Gasteiger partial charge is 0.302 e. The predicted molar refractivity (Wildman–Crippen MR) is 108 cm³/mol. The number of esters is 1. The summed E-state index contributed by atoms with van der Waals surface area (Å²) in [6, 6.07) is 14.6. The molecule has 0 aliphatic carbocycles. The first-order chi connectivity index (χ1) is 12.9. The molecular formula is C21H23Cl2NO3. The highest BCUT2D eigenvalue weighted by molar-refractivity contribution is 6.42. The average Bonchev–Trinajstić information content (AvgIpc) is 2.66. The second-order valence-corrected chi connectivity index (χ2v) is 7.02. The Morgan fingerprint density at radius 3 is 2.37 bits per heavy atom. The van der Waals surface area contributed by atoms with Gasteiger partial charge in [0.05, 0.1) is 16.7 Å². The van der Waals surface area contributed by atoms with Crippen molar-refractivity contribution in [2.45, 2.75) is 26.2 Å². The summed E-state index contributed by atoms with van der Waals surface area (Å²) in [6.45, 7) is 4.66. The van der Waals surface area contributed by atoms with Crippen LogP contribution >= 0.6 is 23.2 Å². The summed E-state index contributed by atoms with van der Waals surface area (Å²) in [7, 11) is 0. The zero-order valence-electron chi connectivity index (χ0n) is 15.5. The van der Waals surface area contributed by atoms with Gasteiger partial charge in [0.2, 0.25) is 0 Å². The van der Waals surface area contributed by atoms with Gasteiger partial charge in [-0.3, -0.25) is 9.59 Å². The van der Waals surface area contributed by atoms with Crippen molar-refractivity contribution in [2.24, 2.45) is 0 Å². The first kappa shape index (κ1) is 21.3. The van der Waals surface area contributed by atoms with E-state index in [9.17, 15) is 9.59 Å². The van der Waals surface area contributed by atoms with Gasteiger partial charge in [0, 0.05) is 31.5 Å². The van der Waals surface area contributed by atoms with Gasteiger partial charge in [-0.15, -0.1) is 0 Å². The molecule has 0 bridgehead atoms. The highest BCUT2D eigenvalue weighted by Crippen LogP contribution is 2.29. The van der Waals surface area contributed by atoms with Gasteiger partial charge in [0.25, 0.3) is 5.91 Å². The van der Waals surface area contributed by atoms with E-state index in [-0.39, 0.29) is 24.4 Å². The molecule has 0 fully saturated rings. The third kappa shape index (κ3) is 6.26. The lowest BCUT2D eigenvalue weighted by Gasteiger charge is -2.27. The fourth-order valence-corrected chi connectivity index (χ4v) is 3.17. The maximum atomic E-state index is 12.8. The number of amides is 1. The van der Waals surface area contributed by atoms with Gasteiger partial charge >= 0.3 is 5.97 Å². The Bertz CT molecular complexity index is 780. The number of ether oxygens (including phenoxy) is 1. The number of benzene rings is 2. The van der Waals surface area contributed by atoms with Gasteiger partial charge in [0.1, 0.15) is 0 Å². The zero-order chi connectivity index (χ0) is 19.8. The minimum Gasteiger partial charge on any atom is -0.466 e. The molecule has 6 heteroatoms. The van der Waals surface area contributed by atoms with Gasteiger partial charge in [0.15, 0.2) is 0 Å². The van der Waals surface area contributed by atoms with Crippen LogP contribution in [-0.2, 0) is 9.53 Å². The molecule has 0 saturated heterocycles. The first-order valence-electron chi connectivity index (χ1n) is 8.85. The number of rotatable bonds is 8. The average molecular weight is 408 g/mol. The monoisotopic (exact) mass is 407 g/mol. The van der Waals surface area contributed by atoms with Crippen LogP contribution in [-0.4, -0.2) is 36.5 Å². The van der Waals surface area contributed by atoms with E-state index in [4.69, 9.17) is 27.9 Å². The molecule has 144 valence electrons. The van der Waals surface area contributed by atoms with Crippen LogP contribution in [0.2, 0.25) is 10.0 Å². The van der Waals surface area contributed by atoms with E-state index in [0.717, 1.165) is 5.56 Å². The maximum absolute atomic E-state index is 12.8. The Balaban J connectivity index is 2.21. The third-order valence-electron chi connectivity index (χ3n) is 4.32. The minimum absolute atomic E-state index is 0.0318. The summed E-state index contributed by atoms with van der Waals surface area (Å²) >= 11 is 12.2. The lowest BCUT2D eigenvalue weighted by molar-refractivity contribution is -0.141. The molecular weight excluding hydrogens is 385 g/mol. The molecule has 0 radical (unpaired) electrons. The highest BCUT2D eigenvalue weighted by atomic mass is 35.5. The second-order valence-electron chi connectivity index (χ2n) is 6.21. The highest BCUT2D eigenvalue weighted by Gasteiger charge is 2.21. The van der Waals surface area contributed by atoms with Gasteiger partial charge in [-0.2, -0.15) is 0 Å². The minimum atomic E-state index is -0.324. The number of halogens is 2. The lowest BCUT2D eigenvalue weighted by Crippen LogP contribution is -2.35. The molecule has 27 heavy (non-hydrogen) atoms. The first-order valence-corrected chi connectivity index (χ1v) is 9.60. The van der Waals surface area contributed by atoms with Gasteiger partial charge < -0.3 is 9.64 Å². The van der Waals surface area contributed by atoms with Crippen LogP contribution in [0.15, 0.2) is 48.5 Å². The van der Waals surface area contributed by atoms with E-state index in [2.05, 4.69) is 0 Å². The van der Waals surface area contributed by atoms with Crippen molar-refractivity contribution in [3.63, 3.8) is 0 Å². The van der Waals surface area contributed by atoms with Crippen LogP contribution in [0, 0.1) is 0 Å². The quantitative estimate of drug-likeness (QED) is 0.565. The number of carbonyl (C=O) groups is 2. The number of nitrogens with zero attached hydrogens (tertiary/aromatic N) is 1. The summed E-state index contributed by atoms with van der Waals surface area (Å²) in [5.74, 6) is -0.391. The van der Waals surface area contributed by atoms with Crippen LogP contribution in [0.3, 0.4) is 0 Å². The molecule has 2 rings (SSSR count). The number of hydrogen-bond acceptors (Lipinski definition) is 3. The number of likely N-dealkylation sites (N-methyl/N-ethyl adjacent to an activating group) is 1. The molecule has 0 aliphatic rings. The van der Waals surface area contributed by atoms with Crippen LogP contribution in [0.5, 0.6) is 0 Å². The van der Waals surface area contributed by atoms with Crippen LogP contribution in [0.4, 0.5) is 0 Å². The van der Waals surface area contributed by atoms with Crippen LogP contribution in [0.1, 0.15) is 42.1 Å². The largest absolute Gasteiger partial charge is 0.466 e. The van der Waals surface area contributed by atoms with E-state index in [1.165, 1.54) is 6.92 Å². The van der Waals surface area contributed by atoms with E-state index >= 15 is 0 Å². The molecule has 0 aliphatic heterocycles. The summed E-state index contributed by atoms with van der Waals surface area (Å²) in [5.41, 5.74) is 1.60. The third-order valence-corrected chi connectivity index (χ3v) is 5.06. The van der Waals surface area contributed by atoms with Crippen LogP contribution in [0.25, 0.3) is 0 Å². The molecule has 1 unspecified atom stereocenters. The molecule has 2 aromatic rings. The van der Waals surface area contributed by atoms with Gasteiger partial charge in [-0.05, 0) is 43.2 Å². The zero-order valence-corrected chi connectivity index (χ0v) is 17.0.